The number of hydrogen-bond acceptors (Lipinski definition) is 3. The quantitative estimate of drug-likeness (QED) is 0.872. The Balaban J connectivity index is 1.64. The fourth-order valence-corrected chi connectivity index (χ4v) is 2.81. The molecule has 1 atom stereocenters. The first-order valence-electron chi connectivity index (χ1n) is 7.08. The van der Waals surface area contributed by atoms with Crippen LogP contribution >= 0.6 is 12.6 Å². The largest absolute Gasteiger partial charge is 0.457 e. The predicted octanol–water partition coefficient (Wildman–Crippen LogP) is 3.65. The van der Waals surface area contributed by atoms with Crippen molar-refractivity contribution < 1.29 is 13.9 Å². The van der Waals surface area contributed by atoms with Crippen molar-refractivity contribution in [1.82, 2.24) is 4.90 Å². The molecule has 0 saturated carbocycles. The number of thiol groups is 1. The van der Waals surface area contributed by atoms with E-state index in [9.17, 15) is 9.18 Å². The number of carbonyl (C=O) groups excluding carboxylic acids is 1. The van der Waals surface area contributed by atoms with Crippen LogP contribution < -0.4 is 4.74 Å². The zero-order valence-electron chi connectivity index (χ0n) is 11.9. The van der Waals surface area contributed by atoms with Crippen LogP contribution in [0.1, 0.15) is 12.0 Å². The van der Waals surface area contributed by atoms with E-state index in [0.717, 1.165) is 5.56 Å². The smallest absolute Gasteiger partial charge is 0.224 e. The molecule has 2 aromatic rings. The number of hydrogen-bond donors (Lipinski definition) is 1. The van der Waals surface area contributed by atoms with Gasteiger partial charge < -0.3 is 9.64 Å². The van der Waals surface area contributed by atoms with Crippen molar-refractivity contribution in [3.8, 4) is 11.5 Å². The second-order valence-electron chi connectivity index (χ2n) is 5.34. The standard InChI is InChI=1S/C17H16FNO2S/c18-13-2-1-3-15(8-13)21-14-6-4-12(5-7-14)10-19-11-16(22)9-17(19)20/h1-8,16,22H,9-11H2. The molecule has 0 aliphatic carbocycles. The van der Waals surface area contributed by atoms with Gasteiger partial charge in [0.25, 0.3) is 0 Å². The first-order chi connectivity index (χ1) is 10.6. The first kappa shape index (κ1) is 14.9. The molecule has 1 heterocycles. The van der Waals surface area contributed by atoms with Gasteiger partial charge in [0.2, 0.25) is 5.91 Å². The number of halogens is 1. The van der Waals surface area contributed by atoms with Crippen LogP contribution in [0.2, 0.25) is 0 Å². The fourth-order valence-electron chi connectivity index (χ4n) is 2.45. The zero-order valence-corrected chi connectivity index (χ0v) is 12.8. The third kappa shape index (κ3) is 3.60. The van der Waals surface area contributed by atoms with E-state index >= 15 is 0 Å². The van der Waals surface area contributed by atoms with Gasteiger partial charge in [0.15, 0.2) is 0 Å². The van der Waals surface area contributed by atoms with E-state index in [0.29, 0.717) is 31.0 Å². The van der Waals surface area contributed by atoms with Gasteiger partial charge in [-0.1, -0.05) is 18.2 Å². The summed E-state index contributed by atoms with van der Waals surface area (Å²) >= 11 is 4.34. The van der Waals surface area contributed by atoms with Gasteiger partial charge in [-0.25, -0.2) is 4.39 Å². The summed E-state index contributed by atoms with van der Waals surface area (Å²) in [6, 6.07) is 13.5. The molecule has 1 unspecified atom stereocenters. The fraction of sp³-hybridized carbons (Fsp3) is 0.235. The Bertz CT molecular complexity index is 675. The highest BCUT2D eigenvalue weighted by molar-refractivity contribution is 7.81. The van der Waals surface area contributed by atoms with Crippen LogP contribution in [0.4, 0.5) is 4.39 Å². The molecule has 1 aliphatic heterocycles. The molecular formula is C17H16FNO2S. The summed E-state index contributed by atoms with van der Waals surface area (Å²) in [7, 11) is 0. The molecule has 0 spiro atoms. The zero-order chi connectivity index (χ0) is 15.5. The number of carbonyl (C=O) groups is 1. The molecule has 1 saturated heterocycles. The van der Waals surface area contributed by atoms with E-state index in [-0.39, 0.29) is 17.0 Å². The lowest BCUT2D eigenvalue weighted by atomic mass is 10.2. The maximum Gasteiger partial charge on any atom is 0.224 e. The molecule has 1 amide bonds. The lowest BCUT2D eigenvalue weighted by molar-refractivity contribution is -0.128. The lowest BCUT2D eigenvalue weighted by Gasteiger charge is -2.16. The van der Waals surface area contributed by atoms with Crippen molar-refractivity contribution in [1.29, 1.82) is 0 Å². The molecule has 2 aromatic carbocycles. The second kappa shape index (κ2) is 6.40. The average Bonchev–Trinajstić information content (AvgIpc) is 2.79. The third-order valence-electron chi connectivity index (χ3n) is 3.52. The molecule has 22 heavy (non-hydrogen) atoms. The predicted molar refractivity (Wildman–Crippen MR) is 85.7 cm³/mol. The van der Waals surface area contributed by atoms with Gasteiger partial charge >= 0.3 is 0 Å². The SMILES string of the molecule is O=C1CC(S)CN1Cc1ccc(Oc2cccc(F)c2)cc1. The van der Waals surface area contributed by atoms with Crippen molar-refractivity contribution in [2.24, 2.45) is 0 Å². The minimum absolute atomic E-state index is 0.128. The summed E-state index contributed by atoms with van der Waals surface area (Å²) in [5.74, 6) is 0.901. The van der Waals surface area contributed by atoms with E-state index in [1.165, 1.54) is 12.1 Å². The topological polar surface area (TPSA) is 29.5 Å². The van der Waals surface area contributed by atoms with Gasteiger partial charge in [0, 0.05) is 30.8 Å². The number of nitrogens with zero attached hydrogens (tertiary/aromatic N) is 1. The van der Waals surface area contributed by atoms with E-state index in [1.54, 1.807) is 17.0 Å². The summed E-state index contributed by atoms with van der Waals surface area (Å²) in [5, 5.41) is 0.128. The minimum Gasteiger partial charge on any atom is -0.457 e. The summed E-state index contributed by atoms with van der Waals surface area (Å²) in [6.45, 7) is 1.26. The number of ether oxygens (including phenoxy) is 1. The van der Waals surface area contributed by atoms with Crippen molar-refractivity contribution in [2.45, 2.75) is 18.2 Å². The molecular weight excluding hydrogens is 301 g/mol. The molecule has 0 radical (unpaired) electrons. The monoisotopic (exact) mass is 317 g/mol. The minimum atomic E-state index is -0.331. The summed E-state index contributed by atoms with van der Waals surface area (Å²) in [6.07, 6.45) is 0.504. The maximum atomic E-state index is 13.1. The van der Waals surface area contributed by atoms with Crippen LogP contribution in [-0.2, 0) is 11.3 Å². The van der Waals surface area contributed by atoms with Gasteiger partial charge in [-0.3, -0.25) is 4.79 Å². The van der Waals surface area contributed by atoms with Crippen LogP contribution in [0.25, 0.3) is 0 Å². The van der Waals surface area contributed by atoms with Gasteiger partial charge in [0.05, 0.1) is 0 Å². The molecule has 3 nitrogen and oxygen atoms in total. The Morgan fingerprint density at radius 2 is 1.95 bits per heavy atom. The molecule has 0 bridgehead atoms. The molecule has 5 heteroatoms. The number of benzene rings is 2. The lowest BCUT2D eigenvalue weighted by Crippen LogP contribution is -2.24. The van der Waals surface area contributed by atoms with Gasteiger partial charge in [-0.15, -0.1) is 0 Å². The van der Waals surface area contributed by atoms with Gasteiger partial charge in [-0.2, -0.15) is 12.6 Å². The number of amides is 1. The number of rotatable bonds is 4. The van der Waals surface area contributed by atoms with Crippen LogP contribution in [0.3, 0.4) is 0 Å². The molecule has 114 valence electrons. The van der Waals surface area contributed by atoms with Crippen molar-refractivity contribution in [2.75, 3.05) is 6.54 Å². The van der Waals surface area contributed by atoms with Crippen LogP contribution in [0.15, 0.2) is 48.5 Å². The maximum absolute atomic E-state index is 13.1. The first-order valence-corrected chi connectivity index (χ1v) is 7.60. The van der Waals surface area contributed by atoms with Crippen molar-refractivity contribution in [3.05, 3.63) is 59.9 Å². The average molecular weight is 317 g/mol. The van der Waals surface area contributed by atoms with Crippen LogP contribution in [0.5, 0.6) is 11.5 Å². The summed E-state index contributed by atoms with van der Waals surface area (Å²) in [4.78, 5) is 13.6. The van der Waals surface area contributed by atoms with Crippen LogP contribution in [-0.4, -0.2) is 22.6 Å². The molecule has 3 rings (SSSR count). The van der Waals surface area contributed by atoms with Crippen LogP contribution in [0, 0.1) is 5.82 Å². The van der Waals surface area contributed by atoms with Gasteiger partial charge in [-0.05, 0) is 29.8 Å². The Kier molecular flexibility index (Phi) is 4.34. The third-order valence-corrected chi connectivity index (χ3v) is 3.87. The van der Waals surface area contributed by atoms with E-state index in [2.05, 4.69) is 12.6 Å². The second-order valence-corrected chi connectivity index (χ2v) is 6.07. The molecule has 0 N–H and O–H groups in total. The van der Waals surface area contributed by atoms with Crippen molar-refractivity contribution >= 4 is 18.5 Å². The Hall–Kier alpha value is -2.01. The molecule has 0 aromatic heterocycles. The van der Waals surface area contributed by atoms with Crippen molar-refractivity contribution in [3.63, 3.8) is 0 Å². The highest BCUT2D eigenvalue weighted by Gasteiger charge is 2.26. The summed E-state index contributed by atoms with van der Waals surface area (Å²) < 4.78 is 18.7. The highest BCUT2D eigenvalue weighted by atomic mass is 32.1. The normalized spacial score (nSPS) is 17.8. The number of likely N-dealkylation sites (tertiary alicyclic amines) is 1. The van der Waals surface area contributed by atoms with E-state index in [1.807, 2.05) is 24.3 Å². The Morgan fingerprint density at radius 3 is 2.59 bits per heavy atom. The highest BCUT2D eigenvalue weighted by Crippen LogP contribution is 2.24. The Morgan fingerprint density at radius 1 is 1.18 bits per heavy atom. The van der Waals surface area contributed by atoms with E-state index < -0.39 is 0 Å². The molecule has 1 aliphatic rings. The Labute approximate surface area is 134 Å². The summed E-state index contributed by atoms with van der Waals surface area (Å²) in [5.41, 5.74) is 1.03. The van der Waals surface area contributed by atoms with E-state index in [4.69, 9.17) is 4.74 Å². The van der Waals surface area contributed by atoms with Gasteiger partial charge in [0.1, 0.15) is 17.3 Å². The molecule has 1 fully saturated rings.